The van der Waals surface area contributed by atoms with Gasteiger partial charge in [0.1, 0.15) is 12.1 Å². The molecule has 2 N–H and O–H groups in total. The van der Waals surface area contributed by atoms with Crippen molar-refractivity contribution in [3.63, 3.8) is 0 Å². The standard InChI is InChI=1S/C17H15N7O/c1-10-3-4-15(18-7-10)20-17(25)13-6-12(14-5-11(2)21-22-14)8-24-9-19-23-16(13)24/h3-9H,1-2H3,(H,21,22)(H,18,20,25). The lowest BCUT2D eigenvalue weighted by Gasteiger charge is -2.07. The Kier molecular flexibility index (Phi) is 3.50. The predicted molar refractivity (Wildman–Crippen MR) is 92.2 cm³/mol. The average Bonchev–Trinajstić information content (AvgIpc) is 3.24. The van der Waals surface area contributed by atoms with Crippen LogP contribution >= 0.6 is 0 Å². The van der Waals surface area contributed by atoms with Crippen molar-refractivity contribution < 1.29 is 4.79 Å². The van der Waals surface area contributed by atoms with E-state index in [2.05, 4.69) is 30.7 Å². The minimum Gasteiger partial charge on any atom is -0.306 e. The highest BCUT2D eigenvalue weighted by molar-refractivity contribution is 6.08. The lowest BCUT2D eigenvalue weighted by atomic mass is 10.1. The molecule has 0 aromatic carbocycles. The zero-order valence-corrected chi connectivity index (χ0v) is 13.7. The highest BCUT2D eigenvalue weighted by Crippen LogP contribution is 2.22. The molecule has 4 aromatic rings. The van der Waals surface area contributed by atoms with E-state index in [1.54, 1.807) is 29.1 Å². The number of pyridine rings is 2. The second-order valence-corrected chi connectivity index (χ2v) is 5.82. The number of hydrogen-bond donors (Lipinski definition) is 2. The number of H-pyrrole nitrogens is 1. The molecule has 0 unspecified atom stereocenters. The van der Waals surface area contributed by atoms with Gasteiger partial charge in [-0.1, -0.05) is 6.07 Å². The van der Waals surface area contributed by atoms with Gasteiger partial charge in [0.2, 0.25) is 0 Å². The van der Waals surface area contributed by atoms with Crippen LogP contribution in [0.1, 0.15) is 21.6 Å². The van der Waals surface area contributed by atoms with E-state index >= 15 is 0 Å². The van der Waals surface area contributed by atoms with Gasteiger partial charge in [0.25, 0.3) is 5.91 Å². The molecule has 8 heteroatoms. The van der Waals surface area contributed by atoms with Crippen LogP contribution in [0.15, 0.2) is 43.0 Å². The number of amides is 1. The van der Waals surface area contributed by atoms with Crippen LogP contribution in [0.5, 0.6) is 0 Å². The van der Waals surface area contributed by atoms with Crippen LogP contribution in [-0.2, 0) is 0 Å². The van der Waals surface area contributed by atoms with Crippen molar-refractivity contribution in [2.24, 2.45) is 0 Å². The van der Waals surface area contributed by atoms with Gasteiger partial charge in [-0.3, -0.25) is 14.3 Å². The summed E-state index contributed by atoms with van der Waals surface area (Å²) < 4.78 is 1.71. The highest BCUT2D eigenvalue weighted by atomic mass is 16.1. The van der Waals surface area contributed by atoms with Crippen LogP contribution in [-0.4, -0.2) is 35.7 Å². The van der Waals surface area contributed by atoms with Crippen LogP contribution in [0.3, 0.4) is 0 Å². The minimum atomic E-state index is -0.302. The molecule has 0 bridgehead atoms. The zero-order chi connectivity index (χ0) is 17.4. The van der Waals surface area contributed by atoms with Gasteiger partial charge >= 0.3 is 0 Å². The maximum atomic E-state index is 12.7. The third-order valence-electron chi connectivity index (χ3n) is 3.79. The van der Waals surface area contributed by atoms with Crippen LogP contribution < -0.4 is 5.32 Å². The van der Waals surface area contributed by atoms with Gasteiger partial charge in [-0.05, 0) is 37.6 Å². The van der Waals surface area contributed by atoms with Gasteiger partial charge in [0.15, 0.2) is 5.65 Å². The van der Waals surface area contributed by atoms with E-state index in [1.807, 2.05) is 32.2 Å². The molecule has 124 valence electrons. The number of nitrogens with one attached hydrogen (secondary N) is 2. The number of carbonyl (C=O) groups is 1. The van der Waals surface area contributed by atoms with Crippen molar-refractivity contribution in [3.8, 4) is 11.3 Å². The number of aromatic nitrogens is 6. The van der Waals surface area contributed by atoms with Gasteiger partial charge < -0.3 is 5.32 Å². The van der Waals surface area contributed by atoms with Crippen molar-refractivity contribution in [1.29, 1.82) is 0 Å². The first-order valence-electron chi connectivity index (χ1n) is 7.70. The van der Waals surface area contributed by atoms with Crippen LogP contribution in [0.2, 0.25) is 0 Å². The minimum absolute atomic E-state index is 0.302. The van der Waals surface area contributed by atoms with Crippen molar-refractivity contribution in [3.05, 3.63) is 59.8 Å². The number of aryl methyl sites for hydroxylation is 2. The van der Waals surface area contributed by atoms with E-state index in [1.165, 1.54) is 0 Å². The van der Waals surface area contributed by atoms with E-state index in [-0.39, 0.29) is 5.91 Å². The van der Waals surface area contributed by atoms with E-state index in [0.717, 1.165) is 22.5 Å². The molecule has 4 aromatic heterocycles. The zero-order valence-electron chi connectivity index (χ0n) is 13.7. The molecule has 25 heavy (non-hydrogen) atoms. The monoisotopic (exact) mass is 333 g/mol. The van der Waals surface area contributed by atoms with Crippen LogP contribution in [0, 0.1) is 13.8 Å². The van der Waals surface area contributed by atoms with Gasteiger partial charge in [-0.15, -0.1) is 10.2 Å². The molecule has 0 aliphatic heterocycles. The summed E-state index contributed by atoms with van der Waals surface area (Å²) in [6, 6.07) is 7.31. The van der Waals surface area contributed by atoms with Crippen molar-refractivity contribution >= 4 is 17.4 Å². The summed E-state index contributed by atoms with van der Waals surface area (Å²) in [4.78, 5) is 16.9. The Balaban J connectivity index is 1.75. The second-order valence-electron chi connectivity index (χ2n) is 5.82. The van der Waals surface area contributed by atoms with Crippen LogP contribution in [0.4, 0.5) is 5.82 Å². The Labute approximate surface area is 142 Å². The molecule has 0 fully saturated rings. The van der Waals surface area contributed by atoms with Crippen molar-refractivity contribution in [2.45, 2.75) is 13.8 Å². The summed E-state index contributed by atoms with van der Waals surface area (Å²) in [6.45, 7) is 3.86. The van der Waals surface area contributed by atoms with E-state index in [0.29, 0.717) is 17.0 Å². The molecule has 0 radical (unpaired) electrons. The fraction of sp³-hybridized carbons (Fsp3) is 0.118. The number of carbonyl (C=O) groups excluding carboxylic acids is 1. The Morgan fingerprint density at radius 1 is 1.24 bits per heavy atom. The molecule has 8 nitrogen and oxygen atoms in total. The Morgan fingerprint density at radius 3 is 2.84 bits per heavy atom. The third-order valence-corrected chi connectivity index (χ3v) is 3.79. The first kappa shape index (κ1) is 15.0. The summed E-state index contributed by atoms with van der Waals surface area (Å²) in [7, 11) is 0. The van der Waals surface area contributed by atoms with E-state index in [4.69, 9.17) is 0 Å². The number of rotatable bonds is 3. The topological polar surface area (TPSA) is 101 Å². The van der Waals surface area contributed by atoms with E-state index in [9.17, 15) is 4.79 Å². The Morgan fingerprint density at radius 2 is 2.12 bits per heavy atom. The average molecular weight is 333 g/mol. The number of fused-ring (bicyclic) bond motifs is 1. The maximum Gasteiger partial charge on any atom is 0.260 e. The first-order valence-corrected chi connectivity index (χ1v) is 7.70. The number of anilines is 1. The number of aromatic amines is 1. The molecule has 0 saturated heterocycles. The Hall–Kier alpha value is -3.55. The molecule has 0 spiro atoms. The third kappa shape index (κ3) is 2.85. The molecule has 0 aliphatic carbocycles. The summed E-state index contributed by atoms with van der Waals surface area (Å²) in [5.41, 5.74) is 4.37. The number of nitrogens with zero attached hydrogens (tertiary/aromatic N) is 5. The fourth-order valence-corrected chi connectivity index (χ4v) is 2.54. The van der Waals surface area contributed by atoms with Crippen molar-refractivity contribution in [2.75, 3.05) is 5.32 Å². The normalized spacial score (nSPS) is 11.0. The van der Waals surface area contributed by atoms with Gasteiger partial charge in [-0.25, -0.2) is 4.98 Å². The van der Waals surface area contributed by atoms with Crippen LogP contribution in [0.25, 0.3) is 16.9 Å². The molecule has 4 rings (SSSR count). The molecule has 0 atom stereocenters. The summed E-state index contributed by atoms with van der Waals surface area (Å²) in [6.07, 6.45) is 5.09. The Bertz CT molecular complexity index is 1060. The highest BCUT2D eigenvalue weighted by Gasteiger charge is 2.16. The maximum absolute atomic E-state index is 12.7. The quantitative estimate of drug-likeness (QED) is 0.599. The molecule has 0 saturated carbocycles. The largest absolute Gasteiger partial charge is 0.306 e. The number of hydrogen-bond acceptors (Lipinski definition) is 5. The lowest BCUT2D eigenvalue weighted by molar-refractivity contribution is 0.102. The summed E-state index contributed by atoms with van der Waals surface area (Å²) in [5, 5.41) is 17.9. The smallest absolute Gasteiger partial charge is 0.260 e. The molecule has 1 amide bonds. The summed E-state index contributed by atoms with van der Waals surface area (Å²) >= 11 is 0. The van der Waals surface area contributed by atoms with Gasteiger partial charge in [0.05, 0.1) is 11.3 Å². The summed E-state index contributed by atoms with van der Waals surface area (Å²) in [5.74, 6) is 0.178. The molecular weight excluding hydrogens is 318 g/mol. The fourth-order valence-electron chi connectivity index (χ4n) is 2.54. The second kappa shape index (κ2) is 5.82. The lowest BCUT2D eigenvalue weighted by Crippen LogP contribution is -2.14. The van der Waals surface area contributed by atoms with Crippen molar-refractivity contribution in [1.82, 2.24) is 29.8 Å². The molecule has 4 heterocycles. The van der Waals surface area contributed by atoms with Gasteiger partial charge in [-0.2, -0.15) is 5.10 Å². The molecular formula is C17H15N7O. The SMILES string of the molecule is Cc1ccc(NC(=O)c2cc(-c3cc(C)[nH]n3)cn3cnnc23)nc1. The first-order chi connectivity index (χ1) is 12.1. The van der Waals surface area contributed by atoms with E-state index < -0.39 is 0 Å². The molecule has 0 aliphatic rings. The predicted octanol–water partition coefficient (Wildman–Crippen LogP) is 2.38. The van der Waals surface area contributed by atoms with Gasteiger partial charge in [0, 0.05) is 23.7 Å².